The Morgan fingerprint density at radius 1 is 1.60 bits per heavy atom. The van der Waals surface area contributed by atoms with Crippen molar-refractivity contribution in [3.05, 3.63) is 6.92 Å². The molecule has 0 spiro atoms. The summed E-state index contributed by atoms with van der Waals surface area (Å²) < 4.78 is 0. The molecule has 0 heterocycles. The zero-order valence-corrected chi connectivity index (χ0v) is 3.94. The van der Waals surface area contributed by atoms with Crippen LogP contribution in [0.4, 0.5) is 0 Å². The number of nitrogens with two attached hydrogens (primary N) is 2. The van der Waals surface area contributed by atoms with Crippen LogP contribution in [0.15, 0.2) is 0 Å². The standard InChI is InChI=1S/C2H4.Co.2H2N/c1-2;;;/h1-2H2;;2*1H2/q;+2;2*-1. The average Bonchev–Trinajstić information content (AvgIpc) is 1.38. The molecule has 0 fully saturated rings. The molecule has 0 saturated carbocycles. The first-order chi connectivity index (χ1) is 2.27. The molecule has 35 valence electrons. The van der Waals surface area contributed by atoms with Gasteiger partial charge in [0.15, 0.2) is 0 Å². The summed E-state index contributed by atoms with van der Waals surface area (Å²) in [6, 6.07) is 0. The van der Waals surface area contributed by atoms with Crippen molar-refractivity contribution in [2.75, 3.05) is 0 Å². The van der Waals surface area contributed by atoms with E-state index < -0.39 is 14.1 Å². The van der Waals surface area contributed by atoms with Crippen LogP contribution < -0.4 is 9.56 Å². The minimum absolute atomic E-state index is 0.674. The first-order valence-electron chi connectivity index (χ1n) is 1.12. The van der Waals surface area contributed by atoms with Gasteiger partial charge in [0.2, 0.25) is 0 Å². The van der Waals surface area contributed by atoms with Gasteiger partial charge in [-0.25, -0.2) is 0 Å². The third kappa shape index (κ3) is 4.43. The van der Waals surface area contributed by atoms with Gasteiger partial charge < -0.3 is 0 Å². The van der Waals surface area contributed by atoms with Crippen molar-refractivity contribution in [2.24, 2.45) is 9.56 Å². The van der Waals surface area contributed by atoms with Gasteiger partial charge in [-0.1, -0.05) is 0 Å². The van der Waals surface area contributed by atoms with Crippen LogP contribution in [0.5, 0.6) is 0 Å². The second-order valence-electron chi connectivity index (χ2n) is 0.550. The molecule has 0 saturated heterocycles. The predicted molar refractivity (Wildman–Crippen MR) is 18.5 cm³/mol. The Kier molecular flexibility index (Phi) is 2.88. The van der Waals surface area contributed by atoms with Gasteiger partial charge in [0.25, 0.3) is 0 Å². The summed E-state index contributed by atoms with van der Waals surface area (Å²) in [6.07, 6.45) is 0. The summed E-state index contributed by atoms with van der Waals surface area (Å²) in [4.78, 5) is 10.1. The molecule has 0 rings (SSSR count). The van der Waals surface area contributed by atoms with Gasteiger partial charge in [0.1, 0.15) is 0 Å². The molecule has 0 aliphatic heterocycles. The molecule has 0 bridgehead atoms. The second-order valence-corrected chi connectivity index (χ2v) is 2.27. The third-order valence-corrected chi connectivity index (χ3v) is 0.793. The van der Waals surface area contributed by atoms with E-state index in [9.17, 15) is 0 Å². The minimum atomic E-state index is -0.692. The summed E-state index contributed by atoms with van der Waals surface area (Å²) in [5.41, 5.74) is 0. The fraction of sp³-hybridized carbons (Fsp3) is 0.500. The van der Waals surface area contributed by atoms with Crippen molar-refractivity contribution in [1.82, 2.24) is 0 Å². The summed E-state index contributed by atoms with van der Waals surface area (Å²) in [5.74, 6) is 0. The number of hydrogen-bond acceptors (Lipinski definition) is 2. The van der Waals surface area contributed by atoms with Crippen molar-refractivity contribution < 1.29 is 14.1 Å². The van der Waals surface area contributed by atoms with E-state index in [1.54, 1.807) is 0 Å². The van der Waals surface area contributed by atoms with E-state index in [2.05, 4.69) is 6.92 Å². The van der Waals surface area contributed by atoms with E-state index in [0.717, 1.165) is 0 Å². The van der Waals surface area contributed by atoms with E-state index in [4.69, 9.17) is 9.56 Å². The van der Waals surface area contributed by atoms with Gasteiger partial charge in [-0.2, -0.15) is 0 Å². The molecule has 4 N–H and O–H groups in total. The van der Waals surface area contributed by atoms with Gasteiger partial charge in [0.05, 0.1) is 0 Å². The van der Waals surface area contributed by atoms with Crippen LogP contribution in [0.25, 0.3) is 0 Å². The Labute approximate surface area is 36.7 Å². The van der Waals surface area contributed by atoms with Crippen molar-refractivity contribution in [1.29, 1.82) is 0 Å². The summed E-state index contributed by atoms with van der Waals surface area (Å²) in [5, 5.41) is 0.674. The van der Waals surface area contributed by atoms with Gasteiger partial charge in [-0.3, -0.25) is 0 Å². The van der Waals surface area contributed by atoms with E-state index in [1.807, 2.05) is 0 Å². The SMILES string of the molecule is [CH2][CH2][Co]([NH2])[NH2]. The second kappa shape index (κ2) is 2.65. The fourth-order valence-electron chi connectivity index (χ4n) is 0. The van der Waals surface area contributed by atoms with Crippen LogP contribution in [-0.2, 0) is 14.1 Å². The van der Waals surface area contributed by atoms with Crippen LogP contribution in [0.3, 0.4) is 0 Å². The van der Waals surface area contributed by atoms with E-state index in [1.165, 1.54) is 0 Å². The third-order valence-electron chi connectivity index (χ3n) is 0.192. The summed E-state index contributed by atoms with van der Waals surface area (Å²) in [7, 11) is 0. The van der Waals surface area contributed by atoms with Crippen LogP contribution in [0.1, 0.15) is 0 Å². The molecule has 0 atom stereocenters. The average molecular weight is 119 g/mol. The molecule has 0 aliphatic carbocycles. The van der Waals surface area contributed by atoms with Crippen LogP contribution in [0.2, 0.25) is 5.36 Å². The van der Waals surface area contributed by atoms with Crippen LogP contribution >= 0.6 is 0 Å². The molecule has 3 heteroatoms. The molecule has 0 aliphatic rings. The molecule has 0 aromatic rings. The molecule has 5 heavy (non-hydrogen) atoms. The van der Waals surface area contributed by atoms with E-state index in [0.29, 0.717) is 5.36 Å². The maximum atomic E-state index is 5.07. The maximum absolute atomic E-state index is 5.07. The first-order valence-corrected chi connectivity index (χ1v) is 3.06. The van der Waals surface area contributed by atoms with Gasteiger partial charge in [-0.05, 0) is 0 Å². The predicted octanol–water partition coefficient (Wildman–Crippen LogP) is -0.396. The Bertz CT molecular complexity index is 21.6. The zero-order chi connectivity index (χ0) is 4.28. The van der Waals surface area contributed by atoms with Gasteiger partial charge in [-0.15, -0.1) is 0 Å². The van der Waals surface area contributed by atoms with E-state index in [-0.39, 0.29) is 0 Å². The molecule has 0 amide bonds. The first kappa shape index (κ1) is 5.43. The van der Waals surface area contributed by atoms with E-state index >= 15 is 0 Å². The van der Waals surface area contributed by atoms with Crippen molar-refractivity contribution in [3.8, 4) is 0 Å². The fourth-order valence-corrected chi connectivity index (χ4v) is 0. The zero-order valence-electron chi connectivity index (χ0n) is 2.90. The molecular weight excluding hydrogens is 111 g/mol. The molecule has 1 radical (unpaired) electrons. The monoisotopic (exact) mass is 119 g/mol. The van der Waals surface area contributed by atoms with Crippen molar-refractivity contribution in [2.45, 2.75) is 5.36 Å². The Morgan fingerprint density at radius 2 is 1.80 bits per heavy atom. The molecular formula is C2H8CoN2. The number of hydrogen-bond donors (Lipinski definition) is 2. The van der Waals surface area contributed by atoms with Gasteiger partial charge in [0, 0.05) is 0 Å². The van der Waals surface area contributed by atoms with Crippen LogP contribution in [-0.4, -0.2) is 0 Å². The molecule has 0 unspecified atom stereocenters. The quantitative estimate of drug-likeness (QED) is 0.493. The van der Waals surface area contributed by atoms with Crippen molar-refractivity contribution >= 4 is 0 Å². The molecule has 0 aromatic carbocycles. The number of rotatable bonds is 1. The van der Waals surface area contributed by atoms with Crippen molar-refractivity contribution in [3.63, 3.8) is 0 Å². The molecule has 2 nitrogen and oxygen atoms in total. The van der Waals surface area contributed by atoms with Crippen LogP contribution in [0, 0.1) is 6.92 Å². The Morgan fingerprint density at radius 3 is 1.80 bits per heavy atom. The molecule has 0 aromatic heterocycles. The Hall–Kier alpha value is 0.426. The normalized spacial score (nSPS) is 11.4. The van der Waals surface area contributed by atoms with Gasteiger partial charge >= 0.3 is 35.9 Å². The topological polar surface area (TPSA) is 52.0 Å². The summed E-state index contributed by atoms with van der Waals surface area (Å²) in [6.45, 7) is 3.46. The Balaban J connectivity index is 2.54. The summed E-state index contributed by atoms with van der Waals surface area (Å²) >= 11 is -0.692.